The van der Waals surface area contributed by atoms with E-state index in [2.05, 4.69) is 37.6 Å². The van der Waals surface area contributed by atoms with Crippen molar-refractivity contribution in [1.29, 1.82) is 0 Å². The van der Waals surface area contributed by atoms with Crippen molar-refractivity contribution < 1.29 is 46.1 Å². The maximum atomic E-state index is 13.6. The highest BCUT2D eigenvalue weighted by Crippen LogP contribution is 2.50. The molecular formula is C30H34F5N5O5. The Bertz CT molecular complexity index is 1520. The fourth-order valence-corrected chi connectivity index (χ4v) is 6.13. The number of aliphatic carboxylic acids is 1. The molecule has 45 heavy (non-hydrogen) atoms. The zero-order valence-electron chi connectivity index (χ0n) is 24.8. The molecule has 1 aromatic heterocycles. The molecule has 1 aliphatic carbocycles. The first-order valence-electron chi connectivity index (χ1n) is 14.1. The molecule has 10 nitrogen and oxygen atoms in total. The first-order chi connectivity index (χ1) is 21.2. The Hall–Kier alpha value is -4.40. The van der Waals surface area contributed by atoms with Gasteiger partial charge in [-0.15, -0.1) is 0 Å². The number of imidazole rings is 1. The molecule has 15 heteroatoms. The van der Waals surface area contributed by atoms with Gasteiger partial charge in [-0.3, -0.25) is 4.90 Å². The van der Waals surface area contributed by atoms with Gasteiger partial charge in [0.1, 0.15) is 5.82 Å². The van der Waals surface area contributed by atoms with E-state index in [0.29, 0.717) is 18.0 Å². The number of H-pyrrole nitrogens is 1. The lowest BCUT2D eigenvalue weighted by Gasteiger charge is -2.45. The van der Waals surface area contributed by atoms with Crippen molar-refractivity contribution in [3.8, 4) is 11.5 Å². The van der Waals surface area contributed by atoms with Gasteiger partial charge in [0.15, 0.2) is 23.1 Å². The van der Waals surface area contributed by atoms with Crippen molar-refractivity contribution in [3.63, 3.8) is 0 Å². The van der Waals surface area contributed by atoms with Gasteiger partial charge in [0, 0.05) is 42.0 Å². The Morgan fingerprint density at radius 1 is 1.09 bits per heavy atom. The molecule has 244 valence electrons. The molecule has 3 atom stereocenters. The lowest BCUT2D eigenvalue weighted by Crippen LogP contribution is -2.52. The van der Waals surface area contributed by atoms with E-state index < -0.39 is 29.8 Å². The zero-order valence-corrected chi connectivity index (χ0v) is 24.8. The van der Waals surface area contributed by atoms with Crippen LogP contribution in [-0.2, 0) is 16.8 Å². The summed E-state index contributed by atoms with van der Waals surface area (Å²) in [5.41, 5.74) is 2.27. The molecule has 3 unspecified atom stereocenters. The number of carboxylic acids is 1. The van der Waals surface area contributed by atoms with Crippen molar-refractivity contribution in [2.24, 2.45) is 0 Å². The number of hydrogen-bond acceptors (Lipinski definition) is 6. The monoisotopic (exact) mass is 639 g/mol. The number of hydrogen-bond donors (Lipinski definition) is 4. The van der Waals surface area contributed by atoms with E-state index in [1.54, 1.807) is 14.2 Å². The molecule has 2 aliphatic rings. The van der Waals surface area contributed by atoms with E-state index in [9.17, 15) is 26.7 Å². The van der Waals surface area contributed by atoms with Crippen LogP contribution in [0.25, 0.3) is 0 Å². The molecule has 0 bridgehead atoms. The summed E-state index contributed by atoms with van der Waals surface area (Å²) in [6, 6.07) is 9.10. The molecular weight excluding hydrogens is 605 g/mol. The number of fused-ring (bicyclic) bond motifs is 1. The Kier molecular flexibility index (Phi) is 10.2. The van der Waals surface area contributed by atoms with Gasteiger partial charge in [-0.25, -0.2) is 23.4 Å². The highest BCUT2D eigenvalue weighted by atomic mass is 19.4. The second-order valence-electron chi connectivity index (χ2n) is 10.9. The third-order valence-corrected chi connectivity index (χ3v) is 8.21. The lowest BCUT2D eigenvalue weighted by molar-refractivity contribution is -0.192. The molecule has 1 saturated heterocycles. The van der Waals surface area contributed by atoms with Crippen molar-refractivity contribution in [1.82, 2.24) is 20.2 Å². The van der Waals surface area contributed by atoms with Gasteiger partial charge in [0.25, 0.3) is 0 Å². The first-order valence-corrected chi connectivity index (χ1v) is 14.1. The number of halogens is 5. The normalized spacial score (nSPS) is 21.2. The van der Waals surface area contributed by atoms with Crippen LogP contribution < -0.4 is 20.1 Å². The van der Waals surface area contributed by atoms with E-state index in [1.165, 1.54) is 11.6 Å². The summed E-state index contributed by atoms with van der Waals surface area (Å²) >= 11 is 0. The number of nitrogens with one attached hydrogen (secondary N) is 3. The van der Waals surface area contributed by atoms with E-state index in [0.717, 1.165) is 55.9 Å². The van der Waals surface area contributed by atoms with E-state index in [4.69, 9.17) is 19.4 Å². The predicted octanol–water partition coefficient (Wildman–Crippen LogP) is 5.53. The summed E-state index contributed by atoms with van der Waals surface area (Å²) in [6.07, 6.45) is 0.234. The number of methoxy groups -OCH3 is 2. The van der Waals surface area contributed by atoms with E-state index >= 15 is 0 Å². The highest BCUT2D eigenvalue weighted by Gasteiger charge is 2.52. The van der Waals surface area contributed by atoms with Crippen LogP contribution >= 0.6 is 0 Å². The molecule has 3 aromatic rings. The van der Waals surface area contributed by atoms with Crippen LogP contribution in [0, 0.1) is 18.6 Å². The number of alkyl halides is 3. The number of carboxylic acid groups (broad SMARTS) is 1. The second kappa shape index (κ2) is 13.7. The largest absolute Gasteiger partial charge is 0.493 e. The minimum absolute atomic E-state index is 0.0833. The summed E-state index contributed by atoms with van der Waals surface area (Å²) in [7, 11) is 3.27. The Balaban J connectivity index is 0.000000591. The molecule has 0 spiro atoms. The number of anilines is 1. The van der Waals surface area contributed by atoms with Crippen LogP contribution in [0.15, 0.2) is 42.6 Å². The van der Waals surface area contributed by atoms with Gasteiger partial charge in [-0.2, -0.15) is 13.2 Å². The predicted molar refractivity (Wildman–Crippen MR) is 153 cm³/mol. The number of carbonyl (C=O) groups excluding carboxylic acids is 1. The maximum Gasteiger partial charge on any atom is 0.490 e. The number of ether oxygens (including phenoxy) is 2. The molecule has 4 N–H and O–H groups in total. The Morgan fingerprint density at radius 3 is 2.40 bits per heavy atom. The molecule has 1 saturated carbocycles. The third-order valence-electron chi connectivity index (χ3n) is 8.21. The van der Waals surface area contributed by atoms with Gasteiger partial charge >= 0.3 is 18.2 Å². The number of aromatic nitrogens is 2. The van der Waals surface area contributed by atoms with Crippen LogP contribution in [0.3, 0.4) is 0 Å². The zero-order chi connectivity index (χ0) is 32.9. The molecule has 0 radical (unpaired) electrons. The number of urea groups is 1. The van der Waals surface area contributed by atoms with Crippen LogP contribution in [0.4, 0.5) is 32.4 Å². The number of nitrogens with zero attached hydrogens (tertiary/aromatic N) is 2. The van der Waals surface area contributed by atoms with Crippen molar-refractivity contribution in [3.05, 3.63) is 71.3 Å². The number of aromatic amines is 1. The highest BCUT2D eigenvalue weighted by molar-refractivity contribution is 5.89. The van der Waals surface area contributed by atoms with E-state index in [1.807, 2.05) is 19.2 Å². The summed E-state index contributed by atoms with van der Waals surface area (Å²) in [6.45, 7) is 3.55. The minimum atomic E-state index is -5.08. The molecule has 2 amide bonds. The van der Waals surface area contributed by atoms with Gasteiger partial charge in [0.05, 0.1) is 19.9 Å². The number of likely N-dealkylation sites (tertiary alicyclic amines) is 1. The van der Waals surface area contributed by atoms with Gasteiger partial charge in [-0.05, 0) is 69.0 Å². The number of aryl methyl sites for hydroxylation is 1. The quantitative estimate of drug-likeness (QED) is 0.250. The number of amides is 2. The molecule has 5 rings (SSSR count). The van der Waals surface area contributed by atoms with Gasteiger partial charge < -0.3 is 30.2 Å². The number of carbonyl (C=O) groups is 2. The summed E-state index contributed by atoms with van der Waals surface area (Å²) in [5, 5.41) is 12.8. The van der Waals surface area contributed by atoms with Crippen LogP contribution in [-0.4, -0.2) is 71.0 Å². The Morgan fingerprint density at radius 2 is 1.80 bits per heavy atom. The van der Waals surface area contributed by atoms with Crippen molar-refractivity contribution >= 4 is 17.7 Å². The molecule has 2 aromatic carbocycles. The van der Waals surface area contributed by atoms with Gasteiger partial charge in [0.2, 0.25) is 0 Å². The molecule has 1 aliphatic heterocycles. The van der Waals surface area contributed by atoms with Gasteiger partial charge in [-0.1, -0.05) is 6.07 Å². The van der Waals surface area contributed by atoms with Crippen LogP contribution in [0.1, 0.15) is 42.8 Å². The van der Waals surface area contributed by atoms with Crippen molar-refractivity contribution in [2.75, 3.05) is 26.1 Å². The SMILES string of the molecule is COc1ccc(C23CCC(NC(=O)Nc4ccc(F)c(F)c4)CC2N(Cc2c[nH]c(C)n2)CC3)cc1OC.O=C(O)C(F)(F)F. The topological polar surface area (TPSA) is 129 Å². The minimum Gasteiger partial charge on any atom is -0.493 e. The number of rotatable bonds is 7. The second-order valence-corrected chi connectivity index (χ2v) is 10.9. The third kappa shape index (κ3) is 7.82. The summed E-state index contributed by atoms with van der Waals surface area (Å²) < 4.78 is 69.7. The molecule has 2 heterocycles. The Labute approximate surface area is 255 Å². The van der Waals surface area contributed by atoms with Crippen LogP contribution in [0.5, 0.6) is 11.5 Å². The molecule has 2 fully saturated rings. The van der Waals surface area contributed by atoms with Crippen molar-refractivity contribution in [2.45, 2.75) is 62.8 Å². The van der Waals surface area contributed by atoms with E-state index in [-0.39, 0.29) is 23.2 Å². The summed E-state index contributed by atoms with van der Waals surface area (Å²) in [4.78, 5) is 31.9. The smallest absolute Gasteiger partial charge is 0.490 e. The maximum absolute atomic E-state index is 13.6. The summed E-state index contributed by atoms with van der Waals surface area (Å²) in [5.74, 6) is -2.45. The lowest BCUT2D eigenvalue weighted by atomic mass is 9.65. The number of benzene rings is 2. The van der Waals surface area contributed by atoms with Crippen LogP contribution in [0.2, 0.25) is 0 Å². The fraction of sp³-hybridized carbons (Fsp3) is 0.433. The average molecular weight is 640 g/mol. The first kappa shape index (κ1) is 33.5. The standard InChI is InChI=1S/C28H33F2N5O3.C2HF3O2/c1-17-31-15-21(32-17)16-35-11-10-28(18-4-7-24(37-2)25(12-18)38-3)9-8-20(14-26(28)35)34-27(36)33-19-5-6-22(29)23(30)13-19;3-2(4,5)1(6)7/h4-7,12-13,15,20,26H,8-11,14,16H2,1-3H3,(H,31,32)(H2,33,34,36);(H,6,7). The average Bonchev–Trinajstić information content (AvgIpc) is 3.57. The fourth-order valence-electron chi connectivity index (χ4n) is 6.13.